The maximum Gasteiger partial charge on any atom is 1.00 e. The van der Waals surface area contributed by atoms with E-state index < -0.39 is 30.2 Å². The van der Waals surface area contributed by atoms with Gasteiger partial charge in [-0.05, 0) is 12.8 Å². The second kappa shape index (κ2) is 4.99. The Bertz CT molecular complexity index is 174. The van der Waals surface area contributed by atoms with Crippen molar-refractivity contribution < 1.29 is 44.1 Å². The van der Waals surface area contributed by atoms with Gasteiger partial charge in [-0.3, -0.25) is 0 Å². The molecule has 1 rings (SSSR count). The Morgan fingerprint density at radius 3 is 1.85 bits per heavy atom. The van der Waals surface area contributed by atoms with E-state index in [0.717, 1.165) is 0 Å². The van der Waals surface area contributed by atoms with Gasteiger partial charge in [0.05, 0.1) is 12.2 Å². The predicted octanol–water partition coefficient (Wildman–Crippen LogP) is -5.77. The molecule has 0 amide bonds. The van der Waals surface area contributed by atoms with E-state index in [0.29, 0.717) is 0 Å². The van der Waals surface area contributed by atoms with Crippen molar-refractivity contribution >= 4 is 5.97 Å². The van der Waals surface area contributed by atoms with Crippen molar-refractivity contribution in [2.75, 3.05) is 0 Å². The van der Waals surface area contributed by atoms with Gasteiger partial charge in [0.2, 0.25) is 0 Å². The molecule has 1 fully saturated rings. The van der Waals surface area contributed by atoms with Gasteiger partial charge < -0.3 is 25.2 Å². The molecule has 0 aromatic rings. The summed E-state index contributed by atoms with van der Waals surface area (Å²) in [7, 11) is 0. The summed E-state index contributed by atoms with van der Waals surface area (Å²) in [6.07, 6.45) is -3.69. The number of carboxylic acid groups (broad SMARTS) is 1. The fourth-order valence-corrected chi connectivity index (χ4v) is 1.41. The zero-order valence-corrected chi connectivity index (χ0v) is 7.38. The molecule has 2 atom stereocenters. The van der Waals surface area contributed by atoms with Crippen LogP contribution in [0.1, 0.15) is 12.8 Å². The van der Waals surface area contributed by atoms with Crippen LogP contribution in [0.2, 0.25) is 0 Å². The minimum atomic E-state index is -1.29. The number of hydrogen-bond acceptors (Lipinski definition) is 5. The van der Waals surface area contributed by atoms with Crippen LogP contribution in [0.5, 0.6) is 0 Å². The SMILES string of the molecule is O=C([O-])C1CC(O)C(O)C(O)C1.[Li+]. The summed E-state index contributed by atoms with van der Waals surface area (Å²) in [6, 6.07) is 0. The molecular weight excluding hydrogens is 171 g/mol. The van der Waals surface area contributed by atoms with Crippen molar-refractivity contribution in [3.8, 4) is 0 Å². The van der Waals surface area contributed by atoms with Crippen molar-refractivity contribution in [3.05, 3.63) is 0 Å². The number of hydrogen-bond donors (Lipinski definition) is 3. The Morgan fingerprint density at radius 2 is 1.54 bits per heavy atom. The molecule has 0 aliphatic heterocycles. The van der Waals surface area contributed by atoms with Gasteiger partial charge in [-0.1, -0.05) is 0 Å². The van der Waals surface area contributed by atoms with E-state index in [4.69, 9.17) is 15.3 Å². The summed E-state index contributed by atoms with van der Waals surface area (Å²) in [5.41, 5.74) is 0. The minimum Gasteiger partial charge on any atom is -0.550 e. The largest absolute Gasteiger partial charge is 1.00 e. The Morgan fingerprint density at radius 1 is 1.15 bits per heavy atom. The van der Waals surface area contributed by atoms with E-state index in [1.807, 2.05) is 0 Å². The summed E-state index contributed by atoms with van der Waals surface area (Å²) >= 11 is 0. The van der Waals surface area contributed by atoms with E-state index >= 15 is 0 Å². The predicted molar refractivity (Wildman–Crippen MR) is 35.8 cm³/mol. The van der Waals surface area contributed by atoms with Gasteiger partial charge in [0.15, 0.2) is 0 Å². The second-order valence-electron chi connectivity index (χ2n) is 3.11. The van der Waals surface area contributed by atoms with Crippen molar-refractivity contribution in [1.82, 2.24) is 0 Å². The zero-order valence-electron chi connectivity index (χ0n) is 7.38. The van der Waals surface area contributed by atoms with E-state index in [1.54, 1.807) is 0 Å². The van der Waals surface area contributed by atoms with E-state index in [9.17, 15) is 9.90 Å². The summed E-state index contributed by atoms with van der Waals surface area (Å²) < 4.78 is 0. The van der Waals surface area contributed by atoms with Crippen LogP contribution in [0, 0.1) is 5.92 Å². The van der Waals surface area contributed by atoms with Gasteiger partial charge >= 0.3 is 18.9 Å². The van der Waals surface area contributed by atoms with Gasteiger partial charge in [0, 0.05) is 11.9 Å². The minimum absolute atomic E-state index is 0. The van der Waals surface area contributed by atoms with Crippen LogP contribution < -0.4 is 24.0 Å². The van der Waals surface area contributed by atoms with Crippen molar-refractivity contribution in [2.45, 2.75) is 31.2 Å². The van der Waals surface area contributed by atoms with Gasteiger partial charge in [0.1, 0.15) is 6.10 Å². The number of carbonyl (C=O) groups is 1. The van der Waals surface area contributed by atoms with Gasteiger partial charge in [-0.25, -0.2) is 0 Å². The third-order valence-corrected chi connectivity index (χ3v) is 2.17. The number of aliphatic hydroxyl groups excluding tert-OH is 3. The van der Waals surface area contributed by atoms with Crippen molar-refractivity contribution in [1.29, 1.82) is 0 Å². The molecule has 2 unspecified atom stereocenters. The number of aliphatic hydroxyl groups is 3. The van der Waals surface area contributed by atoms with Crippen molar-refractivity contribution in [3.63, 3.8) is 0 Å². The topological polar surface area (TPSA) is 101 Å². The quantitative estimate of drug-likeness (QED) is 0.351. The number of aliphatic carboxylic acids is 1. The third kappa shape index (κ3) is 2.97. The molecule has 13 heavy (non-hydrogen) atoms. The summed E-state index contributed by atoms with van der Waals surface area (Å²) in [4.78, 5) is 10.3. The maximum absolute atomic E-state index is 10.3. The normalized spacial score (nSPS) is 39.3. The van der Waals surface area contributed by atoms with Gasteiger partial charge in [-0.15, -0.1) is 0 Å². The van der Waals surface area contributed by atoms with E-state index in [-0.39, 0.29) is 31.7 Å². The van der Waals surface area contributed by atoms with Crippen LogP contribution in [0.3, 0.4) is 0 Å². The maximum atomic E-state index is 10.3. The molecule has 0 saturated heterocycles. The molecule has 70 valence electrons. The summed E-state index contributed by atoms with van der Waals surface area (Å²) in [5, 5.41) is 37.5. The van der Waals surface area contributed by atoms with E-state index in [2.05, 4.69) is 0 Å². The fraction of sp³-hybridized carbons (Fsp3) is 0.857. The monoisotopic (exact) mass is 182 g/mol. The number of carbonyl (C=O) groups excluding carboxylic acids is 1. The molecule has 0 heterocycles. The number of rotatable bonds is 1. The molecule has 1 aliphatic carbocycles. The first kappa shape index (κ1) is 12.9. The molecule has 5 nitrogen and oxygen atoms in total. The first-order valence-electron chi connectivity index (χ1n) is 3.77. The molecule has 0 aromatic heterocycles. The standard InChI is InChI=1S/C7H12O5.Li/c8-4-1-3(7(11)12)2-5(9)6(4)10;/h3-6,8-10H,1-2H2,(H,11,12);/q;+1/p-1. The third-order valence-electron chi connectivity index (χ3n) is 2.17. The van der Waals surface area contributed by atoms with E-state index in [1.165, 1.54) is 0 Å². The average molecular weight is 182 g/mol. The Hall–Kier alpha value is -0.0526. The molecule has 6 heteroatoms. The Balaban J connectivity index is 0.00000144. The fourth-order valence-electron chi connectivity index (χ4n) is 1.41. The molecule has 3 N–H and O–H groups in total. The van der Waals surface area contributed by atoms with Gasteiger partial charge in [-0.2, -0.15) is 0 Å². The Labute approximate surface area is 87.6 Å². The Kier molecular flexibility index (Phi) is 4.97. The molecule has 0 radical (unpaired) electrons. The molecular formula is C7H11LiO5. The number of carboxylic acids is 1. The van der Waals surface area contributed by atoms with Crippen LogP contribution in [0.15, 0.2) is 0 Å². The van der Waals surface area contributed by atoms with Gasteiger partial charge in [0.25, 0.3) is 0 Å². The smallest absolute Gasteiger partial charge is 0.550 e. The van der Waals surface area contributed by atoms with Crippen LogP contribution in [0.25, 0.3) is 0 Å². The second-order valence-corrected chi connectivity index (χ2v) is 3.11. The molecule has 1 saturated carbocycles. The van der Waals surface area contributed by atoms with Crippen LogP contribution >= 0.6 is 0 Å². The average Bonchev–Trinajstić information content (AvgIpc) is 1.99. The molecule has 1 aliphatic rings. The molecule has 0 aromatic carbocycles. The van der Waals surface area contributed by atoms with Crippen molar-refractivity contribution in [2.24, 2.45) is 5.92 Å². The van der Waals surface area contributed by atoms with Crippen LogP contribution in [-0.2, 0) is 4.79 Å². The summed E-state index contributed by atoms with van der Waals surface area (Å²) in [6.45, 7) is 0. The molecule has 0 spiro atoms. The van der Waals surface area contributed by atoms with Crippen LogP contribution in [0.4, 0.5) is 0 Å². The first-order valence-corrected chi connectivity index (χ1v) is 3.77. The summed E-state index contributed by atoms with van der Waals surface area (Å²) in [5.74, 6) is -2.15. The van der Waals surface area contributed by atoms with Crippen LogP contribution in [-0.4, -0.2) is 39.6 Å². The first-order chi connectivity index (χ1) is 5.52. The molecule has 0 bridgehead atoms. The zero-order chi connectivity index (χ0) is 9.30.